The summed E-state index contributed by atoms with van der Waals surface area (Å²) in [5.41, 5.74) is 4.08. The Morgan fingerprint density at radius 1 is 1.21 bits per heavy atom. The van der Waals surface area contributed by atoms with E-state index in [1.54, 1.807) is 6.07 Å². The van der Waals surface area contributed by atoms with E-state index in [0.717, 1.165) is 16.6 Å². The Morgan fingerprint density at radius 3 is 2.96 bits per heavy atom. The number of fused-ring (bicyclic) bond motifs is 2. The summed E-state index contributed by atoms with van der Waals surface area (Å²) in [6, 6.07) is 17.1. The Bertz CT molecular complexity index is 900. The average molecular weight is 337 g/mol. The van der Waals surface area contributed by atoms with Crippen LogP contribution in [0, 0.1) is 0 Å². The van der Waals surface area contributed by atoms with Crippen LogP contribution in [0.2, 0.25) is 0 Å². The second kappa shape index (κ2) is 6.38. The molecule has 0 spiro atoms. The number of nitrogens with one attached hydrogen (secondary N) is 1. The molecule has 1 unspecified atom stereocenters. The number of carboxylic acid groups (broad SMARTS) is 1. The number of aryl methyl sites for hydroxylation is 1. The highest BCUT2D eigenvalue weighted by molar-refractivity contribution is 7.20. The number of hydrogen-bond donors (Lipinski definition) is 2. The Kier molecular flexibility index (Phi) is 4.08. The van der Waals surface area contributed by atoms with Gasteiger partial charge in [-0.3, -0.25) is 0 Å². The van der Waals surface area contributed by atoms with E-state index in [2.05, 4.69) is 41.7 Å². The highest BCUT2D eigenvalue weighted by atomic mass is 32.1. The van der Waals surface area contributed by atoms with Crippen LogP contribution in [0.1, 0.15) is 45.2 Å². The van der Waals surface area contributed by atoms with E-state index in [4.69, 9.17) is 5.11 Å². The summed E-state index contributed by atoms with van der Waals surface area (Å²) >= 11 is 1.34. The number of carbonyl (C=O) groups is 1. The van der Waals surface area contributed by atoms with Crippen LogP contribution in [0.5, 0.6) is 0 Å². The van der Waals surface area contributed by atoms with Crippen LogP contribution < -0.4 is 5.32 Å². The van der Waals surface area contributed by atoms with Gasteiger partial charge in [-0.1, -0.05) is 36.4 Å². The van der Waals surface area contributed by atoms with Crippen molar-refractivity contribution in [2.24, 2.45) is 0 Å². The van der Waals surface area contributed by atoms with Gasteiger partial charge in [0.15, 0.2) is 0 Å². The van der Waals surface area contributed by atoms with Crippen LogP contribution in [0.4, 0.5) is 0 Å². The predicted octanol–water partition coefficient (Wildman–Crippen LogP) is 4.77. The smallest absolute Gasteiger partial charge is 0.345 e. The van der Waals surface area contributed by atoms with Crippen molar-refractivity contribution in [2.75, 3.05) is 0 Å². The highest BCUT2D eigenvalue weighted by Gasteiger charge is 2.19. The van der Waals surface area contributed by atoms with Crippen molar-refractivity contribution in [3.63, 3.8) is 0 Å². The molecule has 2 aromatic carbocycles. The zero-order chi connectivity index (χ0) is 16.5. The molecule has 4 heteroatoms. The second-order valence-electron chi connectivity index (χ2n) is 6.31. The molecule has 3 aromatic rings. The zero-order valence-corrected chi connectivity index (χ0v) is 14.1. The second-order valence-corrected chi connectivity index (χ2v) is 7.40. The summed E-state index contributed by atoms with van der Waals surface area (Å²) in [6.45, 7) is 0.801. The Balaban J connectivity index is 1.52. The van der Waals surface area contributed by atoms with Gasteiger partial charge in [0.1, 0.15) is 4.88 Å². The summed E-state index contributed by atoms with van der Waals surface area (Å²) in [5.74, 6) is -0.852. The first kappa shape index (κ1) is 15.4. The first-order valence-electron chi connectivity index (χ1n) is 8.27. The molecule has 1 aliphatic carbocycles. The minimum atomic E-state index is -0.852. The molecule has 0 bridgehead atoms. The maximum absolute atomic E-state index is 11.1. The Labute approximate surface area is 144 Å². The molecule has 0 saturated carbocycles. The molecule has 0 fully saturated rings. The molecule has 3 nitrogen and oxygen atoms in total. The van der Waals surface area contributed by atoms with E-state index >= 15 is 0 Å². The molecule has 0 amide bonds. The molecule has 1 atom stereocenters. The molecule has 0 saturated heterocycles. The van der Waals surface area contributed by atoms with Gasteiger partial charge in [0.05, 0.1) is 0 Å². The number of thiophene rings is 1. The summed E-state index contributed by atoms with van der Waals surface area (Å²) < 4.78 is 1.04. The monoisotopic (exact) mass is 337 g/mol. The third-order valence-corrected chi connectivity index (χ3v) is 5.80. The standard InChI is InChI=1S/C20H19NO2S/c22-20(23)19-11-15-9-8-13(10-18(15)24-19)12-21-17-7-3-5-14-4-1-2-6-16(14)17/h1-2,4,6,8-11,17,21H,3,5,7,12H2,(H,22,23). The molecule has 0 radical (unpaired) electrons. The normalized spacial score (nSPS) is 16.9. The number of carboxylic acids is 1. The van der Waals surface area contributed by atoms with Crippen molar-refractivity contribution in [1.29, 1.82) is 0 Å². The van der Waals surface area contributed by atoms with E-state index in [1.165, 1.54) is 47.3 Å². The molecule has 0 aliphatic heterocycles. The topological polar surface area (TPSA) is 49.3 Å². The van der Waals surface area contributed by atoms with E-state index in [0.29, 0.717) is 10.9 Å². The van der Waals surface area contributed by atoms with Crippen molar-refractivity contribution >= 4 is 27.4 Å². The molecule has 24 heavy (non-hydrogen) atoms. The first-order valence-corrected chi connectivity index (χ1v) is 9.09. The van der Waals surface area contributed by atoms with Crippen LogP contribution >= 0.6 is 11.3 Å². The molecule has 1 heterocycles. The van der Waals surface area contributed by atoms with Crippen LogP contribution in [-0.4, -0.2) is 11.1 Å². The Hall–Kier alpha value is -2.17. The quantitative estimate of drug-likeness (QED) is 0.721. The van der Waals surface area contributed by atoms with Crippen molar-refractivity contribution in [1.82, 2.24) is 5.32 Å². The van der Waals surface area contributed by atoms with E-state index < -0.39 is 5.97 Å². The van der Waals surface area contributed by atoms with Crippen molar-refractivity contribution < 1.29 is 9.90 Å². The lowest BCUT2D eigenvalue weighted by Crippen LogP contribution is -2.24. The summed E-state index contributed by atoms with van der Waals surface area (Å²) in [5, 5.41) is 13.8. The lowest BCUT2D eigenvalue weighted by atomic mass is 9.87. The van der Waals surface area contributed by atoms with Gasteiger partial charge in [-0.15, -0.1) is 11.3 Å². The zero-order valence-electron chi connectivity index (χ0n) is 13.3. The summed E-state index contributed by atoms with van der Waals surface area (Å²) in [7, 11) is 0. The minimum Gasteiger partial charge on any atom is -0.477 e. The summed E-state index contributed by atoms with van der Waals surface area (Å²) in [6.07, 6.45) is 3.56. The fourth-order valence-electron chi connectivity index (χ4n) is 3.50. The average Bonchev–Trinajstić information content (AvgIpc) is 3.03. The largest absolute Gasteiger partial charge is 0.477 e. The van der Waals surface area contributed by atoms with E-state index in [-0.39, 0.29) is 0 Å². The number of hydrogen-bond acceptors (Lipinski definition) is 3. The van der Waals surface area contributed by atoms with Gasteiger partial charge in [-0.2, -0.15) is 0 Å². The van der Waals surface area contributed by atoms with Crippen molar-refractivity contribution in [3.8, 4) is 0 Å². The van der Waals surface area contributed by atoms with Crippen molar-refractivity contribution in [3.05, 3.63) is 70.1 Å². The maximum atomic E-state index is 11.1. The Morgan fingerprint density at radius 2 is 2.08 bits per heavy atom. The molecule has 122 valence electrons. The lowest BCUT2D eigenvalue weighted by Gasteiger charge is -2.26. The van der Waals surface area contributed by atoms with Gasteiger partial charge in [0.2, 0.25) is 0 Å². The van der Waals surface area contributed by atoms with Gasteiger partial charge < -0.3 is 10.4 Å². The molecule has 4 rings (SSSR count). The van der Waals surface area contributed by atoms with Crippen LogP contribution in [-0.2, 0) is 13.0 Å². The van der Waals surface area contributed by atoms with Gasteiger partial charge in [0, 0.05) is 17.3 Å². The molecular weight excluding hydrogens is 318 g/mol. The van der Waals surface area contributed by atoms with Crippen LogP contribution in [0.25, 0.3) is 10.1 Å². The predicted molar refractivity (Wildman–Crippen MR) is 97.7 cm³/mol. The van der Waals surface area contributed by atoms with Gasteiger partial charge >= 0.3 is 5.97 Å². The molecule has 1 aliphatic rings. The third kappa shape index (κ3) is 2.95. The molecule has 2 N–H and O–H groups in total. The third-order valence-electron chi connectivity index (χ3n) is 4.72. The number of rotatable bonds is 4. The van der Waals surface area contributed by atoms with Crippen molar-refractivity contribution in [2.45, 2.75) is 31.8 Å². The molecular formula is C20H19NO2S. The van der Waals surface area contributed by atoms with Crippen LogP contribution in [0.15, 0.2) is 48.5 Å². The van der Waals surface area contributed by atoms with Gasteiger partial charge in [-0.25, -0.2) is 4.79 Å². The minimum absolute atomic E-state index is 0.399. The van der Waals surface area contributed by atoms with Gasteiger partial charge in [0.25, 0.3) is 0 Å². The number of benzene rings is 2. The maximum Gasteiger partial charge on any atom is 0.345 e. The van der Waals surface area contributed by atoms with E-state index in [9.17, 15) is 4.79 Å². The fourth-order valence-corrected chi connectivity index (χ4v) is 4.46. The SMILES string of the molecule is O=C(O)c1cc2ccc(CNC3CCCc4ccccc43)cc2s1. The van der Waals surface area contributed by atoms with E-state index in [1.807, 2.05) is 6.07 Å². The lowest BCUT2D eigenvalue weighted by molar-refractivity contribution is 0.0702. The molecule has 1 aromatic heterocycles. The van der Waals surface area contributed by atoms with Gasteiger partial charge in [-0.05, 0) is 53.5 Å². The fraction of sp³-hybridized carbons (Fsp3) is 0.250. The highest BCUT2D eigenvalue weighted by Crippen LogP contribution is 2.30. The first-order chi connectivity index (χ1) is 11.7. The summed E-state index contributed by atoms with van der Waals surface area (Å²) in [4.78, 5) is 11.5. The van der Waals surface area contributed by atoms with Crippen LogP contribution in [0.3, 0.4) is 0 Å². The number of aromatic carboxylic acids is 1.